The second kappa shape index (κ2) is 24.4. The number of amides is 4. The maximum absolute atomic E-state index is 14.2. The van der Waals surface area contributed by atoms with Crippen molar-refractivity contribution in [2.75, 3.05) is 39.3 Å². The van der Waals surface area contributed by atoms with Crippen LogP contribution in [-0.4, -0.2) is 125 Å². The maximum Gasteiger partial charge on any atom is 0.407 e. The van der Waals surface area contributed by atoms with Crippen molar-refractivity contribution >= 4 is 36.3 Å². The number of rotatable bonds is 13. The van der Waals surface area contributed by atoms with Gasteiger partial charge in [-0.25, -0.2) is 35.9 Å². The molecule has 0 saturated carbocycles. The Morgan fingerprint density at radius 1 is 0.800 bits per heavy atom. The number of nitrogens with two attached hydrogens (primary N) is 1. The molecule has 4 amide bonds. The van der Waals surface area contributed by atoms with E-state index in [0.717, 1.165) is 49.9 Å². The molecule has 15 nitrogen and oxygen atoms in total. The van der Waals surface area contributed by atoms with Crippen LogP contribution >= 0.6 is 0 Å². The van der Waals surface area contributed by atoms with Gasteiger partial charge >= 0.3 is 12.1 Å². The minimum atomic E-state index is -1.29. The number of benzene rings is 3. The summed E-state index contributed by atoms with van der Waals surface area (Å²) in [7, 11) is 0. The number of carboxylic acid groups (broad SMARTS) is 1. The highest BCUT2D eigenvalue weighted by molar-refractivity contribution is 5.94. The third kappa shape index (κ3) is 15.3. The van der Waals surface area contributed by atoms with Gasteiger partial charge in [0.05, 0.1) is 12.1 Å². The smallest absolute Gasteiger partial charge is 0.407 e. The molecule has 0 bridgehead atoms. The number of hydrogen-bond acceptors (Lipinski definition) is 10. The number of ether oxygens (including phenoxy) is 2. The molecule has 3 aromatic rings. The van der Waals surface area contributed by atoms with Gasteiger partial charge in [-0.3, -0.25) is 19.2 Å². The van der Waals surface area contributed by atoms with Crippen LogP contribution in [0.4, 0.5) is 31.1 Å². The van der Waals surface area contributed by atoms with Gasteiger partial charge < -0.3 is 45.6 Å². The maximum atomic E-state index is 14.2. The molecule has 0 spiro atoms. The second-order valence-corrected chi connectivity index (χ2v) is 18.7. The number of nitrogens with one attached hydrogen (secondary N) is 2. The van der Waals surface area contributed by atoms with E-state index in [9.17, 15) is 55.1 Å². The summed E-state index contributed by atoms with van der Waals surface area (Å²) in [5.41, 5.74) is 6.75. The number of aryl methyl sites for hydroxylation is 1. The van der Waals surface area contributed by atoms with Gasteiger partial charge in [0.15, 0.2) is 23.3 Å². The number of aliphatic carboxylic acids is 1. The third-order valence-corrected chi connectivity index (χ3v) is 12.2. The molecule has 4 heterocycles. The van der Waals surface area contributed by atoms with Crippen LogP contribution in [0.2, 0.25) is 0 Å². The van der Waals surface area contributed by atoms with Gasteiger partial charge in [-0.1, -0.05) is 17.7 Å². The van der Waals surface area contributed by atoms with Crippen molar-refractivity contribution in [1.29, 1.82) is 0 Å². The van der Waals surface area contributed by atoms with Crippen molar-refractivity contribution in [3.63, 3.8) is 0 Å². The summed E-state index contributed by atoms with van der Waals surface area (Å²) in [6.45, 7) is 11.0. The number of carboxylic acids is 1. The fourth-order valence-corrected chi connectivity index (χ4v) is 9.06. The number of nitrogens with zero attached hydrogens (tertiary/aromatic N) is 3. The number of carbonyl (C=O) groups is 6. The summed E-state index contributed by atoms with van der Waals surface area (Å²) in [5, 5.41) is 13.7. The van der Waals surface area contributed by atoms with Crippen LogP contribution in [0.3, 0.4) is 0 Å². The van der Waals surface area contributed by atoms with Crippen LogP contribution in [-0.2, 0) is 41.5 Å². The molecule has 380 valence electrons. The summed E-state index contributed by atoms with van der Waals surface area (Å²) in [5.74, 6) is -7.60. The van der Waals surface area contributed by atoms with Crippen molar-refractivity contribution in [1.82, 2.24) is 25.3 Å². The Hall–Kier alpha value is -6.48. The van der Waals surface area contributed by atoms with E-state index in [2.05, 4.69) is 15.4 Å². The Balaban J connectivity index is 0.000000226. The average molecular weight is 989 g/mol. The lowest BCUT2D eigenvalue weighted by molar-refractivity contribution is -0.133. The van der Waals surface area contributed by atoms with Gasteiger partial charge in [0, 0.05) is 93.8 Å². The molecular formula is C49H58F6N6O9. The predicted molar refractivity (Wildman–Crippen MR) is 242 cm³/mol. The first-order valence-corrected chi connectivity index (χ1v) is 22.7. The molecule has 21 heteroatoms. The van der Waals surface area contributed by atoms with E-state index >= 15 is 0 Å². The molecule has 0 aliphatic carbocycles. The largest absolute Gasteiger partial charge is 0.478 e. The van der Waals surface area contributed by atoms with E-state index in [-0.39, 0.29) is 79.0 Å². The van der Waals surface area contributed by atoms with E-state index < -0.39 is 64.7 Å². The van der Waals surface area contributed by atoms with Crippen LogP contribution in [0.15, 0.2) is 60.9 Å². The SMILES string of the molecule is CC(C)(C)OC(=O)N[C@@H](CC(=O)N1CC[C@H]2CNC[C@H]21)Cc1cc(F)c(F)cc1F.Cc1cccc(C(=O)N2C[C@@H]3CCN(C(=O)C[C@H](N)Cc4cc(F)c(F)cc4F)[C@@H]3C2)c1.O=CO/C=C/C(=O)O. The standard InChI is InChI=1S/C24H26F3N3O2.C21H28F3N3O3.C4H4O4/c1-14-3-2-4-15(7-14)24(32)29-12-16-5-6-30(22(16)13-29)23(31)10-18(28)8-17-9-20(26)21(27)11-19(17)25;1-21(2,3)30-20(29)26-14(6-13-7-16(23)17(24)9-15(13)22)8-19(28)27-5-4-12-10-25-11-18(12)27;5-3-8-2-1-4(6)7/h2-4,7,9,11,16,18,22H,5-6,8,10,12-13,28H2,1H3;7,9,12,14,18,25H,4-6,8,10-11H2,1-3H3,(H,26,29);1-3H,(H,6,7)/b;;2-1+/t16-,18+,22+;12-,14+,18+;/m00./s1. The first-order chi connectivity index (χ1) is 33.0. The van der Waals surface area contributed by atoms with Crippen LogP contribution in [0.5, 0.6) is 0 Å². The van der Waals surface area contributed by atoms with E-state index in [1.165, 1.54) is 0 Å². The first kappa shape index (κ1) is 54.5. The molecule has 70 heavy (non-hydrogen) atoms. The zero-order valence-corrected chi connectivity index (χ0v) is 39.2. The van der Waals surface area contributed by atoms with Crippen LogP contribution in [0.25, 0.3) is 0 Å². The molecule has 3 aromatic carbocycles. The average Bonchev–Trinajstić information content (AvgIpc) is 4.08. The van der Waals surface area contributed by atoms with Gasteiger partial charge in [-0.05, 0) is 94.7 Å². The minimum Gasteiger partial charge on any atom is -0.478 e. The van der Waals surface area contributed by atoms with E-state index in [0.29, 0.717) is 55.9 Å². The highest BCUT2D eigenvalue weighted by Crippen LogP contribution is 2.33. The molecule has 4 aliphatic heterocycles. The Morgan fingerprint density at radius 2 is 1.39 bits per heavy atom. The molecule has 0 aromatic heterocycles. The number of halogens is 6. The van der Waals surface area contributed by atoms with E-state index in [4.69, 9.17) is 15.6 Å². The molecule has 4 fully saturated rings. The molecule has 6 atom stereocenters. The fraction of sp³-hybridized carbons (Fsp3) is 0.469. The lowest BCUT2D eigenvalue weighted by Crippen LogP contribution is -2.46. The molecule has 7 rings (SSSR count). The van der Waals surface area contributed by atoms with Gasteiger partial charge in [0.2, 0.25) is 11.8 Å². The topological polar surface area (TPSA) is 201 Å². The number of alkyl carbamates (subject to hydrolysis) is 1. The lowest BCUT2D eigenvalue weighted by Gasteiger charge is -2.27. The summed E-state index contributed by atoms with van der Waals surface area (Å²) >= 11 is 0. The molecule has 0 radical (unpaired) electrons. The number of fused-ring (bicyclic) bond motifs is 2. The van der Waals surface area contributed by atoms with Gasteiger partial charge in [0.25, 0.3) is 12.4 Å². The summed E-state index contributed by atoms with van der Waals surface area (Å²) < 4.78 is 90.6. The zero-order valence-electron chi connectivity index (χ0n) is 39.2. The van der Waals surface area contributed by atoms with Gasteiger partial charge in [-0.2, -0.15) is 0 Å². The van der Waals surface area contributed by atoms with Crippen LogP contribution < -0.4 is 16.4 Å². The van der Waals surface area contributed by atoms with Crippen LogP contribution in [0.1, 0.15) is 73.5 Å². The highest BCUT2D eigenvalue weighted by atomic mass is 19.2. The first-order valence-electron chi connectivity index (χ1n) is 22.7. The van der Waals surface area contributed by atoms with Crippen molar-refractivity contribution < 1.29 is 69.7 Å². The van der Waals surface area contributed by atoms with Gasteiger partial charge in [0.1, 0.15) is 23.5 Å². The number of carbonyl (C=O) groups excluding carboxylic acids is 5. The van der Waals surface area contributed by atoms with Crippen molar-refractivity contribution in [3.05, 3.63) is 118 Å². The third-order valence-electron chi connectivity index (χ3n) is 12.2. The molecule has 0 unspecified atom stereocenters. The highest BCUT2D eigenvalue weighted by Gasteiger charge is 2.45. The van der Waals surface area contributed by atoms with Gasteiger partial charge in [-0.15, -0.1) is 0 Å². The normalized spacial score (nSPS) is 20.1. The van der Waals surface area contributed by atoms with E-state index in [1.54, 1.807) is 41.5 Å². The summed E-state index contributed by atoms with van der Waals surface area (Å²) in [6, 6.07) is 8.42. The van der Waals surface area contributed by atoms with Crippen molar-refractivity contribution in [2.45, 2.75) is 96.0 Å². The Labute approximate surface area is 401 Å². The van der Waals surface area contributed by atoms with Crippen molar-refractivity contribution in [3.8, 4) is 0 Å². The minimum absolute atomic E-state index is 0.0342. The molecule has 4 saturated heterocycles. The predicted octanol–water partition coefficient (Wildman–Crippen LogP) is 5.55. The van der Waals surface area contributed by atoms with Crippen LogP contribution in [0, 0.1) is 53.7 Å². The molecule has 4 aliphatic rings. The van der Waals surface area contributed by atoms with Crippen molar-refractivity contribution in [2.24, 2.45) is 17.6 Å². The Kier molecular flexibility index (Phi) is 19.0. The van der Waals surface area contributed by atoms with E-state index in [1.807, 2.05) is 25.1 Å². The molecular weight excluding hydrogens is 931 g/mol. The Bertz CT molecular complexity index is 2420. The zero-order chi connectivity index (χ0) is 51.4. The lowest BCUT2D eigenvalue weighted by atomic mass is 10.0. The summed E-state index contributed by atoms with van der Waals surface area (Å²) in [6.07, 6.45) is 2.08. The Morgan fingerprint density at radius 3 is 1.99 bits per heavy atom. The molecule has 5 N–H and O–H groups in total. The quantitative estimate of drug-likeness (QED) is 0.0550. The monoisotopic (exact) mass is 988 g/mol. The number of likely N-dealkylation sites (tertiary alicyclic amines) is 3. The number of hydrogen-bond donors (Lipinski definition) is 4. The fourth-order valence-electron chi connectivity index (χ4n) is 9.06. The second-order valence-electron chi connectivity index (χ2n) is 18.7. The summed E-state index contributed by atoms with van der Waals surface area (Å²) in [4.78, 5) is 75.2.